The number of halogens is 1. The average molecular weight is 361 g/mol. The third-order valence-electron chi connectivity index (χ3n) is 3.29. The maximum atomic E-state index is 13.8. The Morgan fingerprint density at radius 2 is 1.80 bits per heavy atom. The Labute approximate surface area is 144 Å². The Bertz CT molecular complexity index is 1010. The molecule has 2 aromatic carbocycles. The summed E-state index contributed by atoms with van der Waals surface area (Å²) in [4.78, 5) is 8.34. The van der Waals surface area contributed by atoms with Gasteiger partial charge in [0.2, 0.25) is 10.0 Å². The van der Waals surface area contributed by atoms with Gasteiger partial charge < -0.3 is 4.74 Å². The number of nitrogens with zero attached hydrogens (tertiary/aromatic N) is 2. The fraction of sp³-hybridized carbons (Fsp3) is 0.176. The molecule has 0 saturated heterocycles. The van der Waals surface area contributed by atoms with Crippen LogP contribution in [0.3, 0.4) is 0 Å². The molecular weight excluding hydrogens is 345 g/mol. The van der Waals surface area contributed by atoms with Crippen LogP contribution in [0.1, 0.15) is 13.3 Å². The lowest BCUT2D eigenvalue weighted by atomic mass is 10.2. The quantitative estimate of drug-likeness (QED) is 0.724. The molecule has 1 N–H and O–H groups in total. The van der Waals surface area contributed by atoms with E-state index >= 15 is 0 Å². The minimum absolute atomic E-state index is 0.0386. The van der Waals surface area contributed by atoms with E-state index in [0.717, 1.165) is 6.07 Å². The van der Waals surface area contributed by atoms with Gasteiger partial charge >= 0.3 is 0 Å². The number of anilines is 1. The van der Waals surface area contributed by atoms with Gasteiger partial charge in [-0.05, 0) is 24.6 Å². The fourth-order valence-corrected chi connectivity index (χ4v) is 3.44. The van der Waals surface area contributed by atoms with Crippen molar-refractivity contribution in [3.8, 4) is 11.5 Å². The van der Waals surface area contributed by atoms with Crippen LogP contribution in [0.2, 0.25) is 0 Å². The maximum absolute atomic E-state index is 13.8. The van der Waals surface area contributed by atoms with Crippen molar-refractivity contribution in [2.24, 2.45) is 0 Å². The molecule has 0 amide bonds. The molecule has 1 aromatic heterocycles. The van der Waals surface area contributed by atoms with E-state index in [1.165, 1.54) is 12.1 Å². The van der Waals surface area contributed by atoms with Crippen LogP contribution in [-0.2, 0) is 10.0 Å². The molecule has 0 atom stereocenters. The SMILES string of the molecule is CCCS(=O)(=O)Nc1cc(F)cc(Oc2ccc3nccnc3c2)c1. The molecule has 0 aliphatic rings. The molecule has 0 bridgehead atoms. The van der Waals surface area contributed by atoms with Gasteiger partial charge in [-0.15, -0.1) is 0 Å². The number of benzene rings is 2. The Hall–Kier alpha value is -2.74. The summed E-state index contributed by atoms with van der Waals surface area (Å²) in [5, 5.41) is 0. The Kier molecular flexibility index (Phi) is 4.80. The summed E-state index contributed by atoms with van der Waals surface area (Å²) in [6, 6.07) is 8.81. The van der Waals surface area contributed by atoms with Crippen LogP contribution in [0.5, 0.6) is 11.5 Å². The largest absolute Gasteiger partial charge is 0.457 e. The third kappa shape index (κ3) is 4.42. The molecule has 6 nitrogen and oxygen atoms in total. The number of aromatic nitrogens is 2. The fourth-order valence-electron chi connectivity index (χ4n) is 2.32. The van der Waals surface area contributed by atoms with Gasteiger partial charge in [-0.2, -0.15) is 0 Å². The zero-order valence-corrected chi connectivity index (χ0v) is 14.3. The molecule has 130 valence electrons. The second-order valence-corrected chi connectivity index (χ2v) is 7.25. The van der Waals surface area contributed by atoms with Crippen molar-refractivity contribution >= 4 is 26.7 Å². The summed E-state index contributed by atoms with van der Waals surface area (Å²) in [6.45, 7) is 1.75. The zero-order valence-electron chi connectivity index (χ0n) is 13.4. The highest BCUT2D eigenvalue weighted by molar-refractivity contribution is 7.92. The van der Waals surface area contributed by atoms with Crippen molar-refractivity contribution in [3.05, 3.63) is 54.6 Å². The zero-order chi connectivity index (χ0) is 17.9. The lowest BCUT2D eigenvalue weighted by molar-refractivity contribution is 0.478. The van der Waals surface area contributed by atoms with Crippen molar-refractivity contribution in [2.75, 3.05) is 10.5 Å². The van der Waals surface area contributed by atoms with Crippen LogP contribution in [0.25, 0.3) is 11.0 Å². The van der Waals surface area contributed by atoms with E-state index in [-0.39, 0.29) is 17.2 Å². The first-order valence-electron chi connectivity index (χ1n) is 7.65. The van der Waals surface area contributed by atoms with E-state index in [4.69, 9.17) is 4.74 Å². The van der Waals surface area contributed by atoms with Gasteiger partial charge in [-0.1, -0.05) is 6.92 Å². The number of nitrogens with one attached hydrogen (secondary N) is 1. The highest BCUT2D eigenvalue weighted by Crippen LogP contribution is 2.27. The molecule has 0 unspecified atom stereocenters. The molecule has 0 radical (unpaired) electrons. The topological polar surface area (TPSA) is 81.2 Å². The number of hydrogen-bond acceptors (Lipinski definition) is 5. The second kappa shape index (κ2) is 7.02. The van der Waals surface area contributed by atoms with Crippen molar-refractivity contribution < 1.29 is 17.5 Å². The molecule has 3 rings (SSSR count). The monoisotopic (exact) mass is 361 g/mol. The van der Waals surface area contributed by atoms with Gasteiger partial charge in [0.1, 0.15) is 17.3 Å². The first-order valence-corrected chi connectivity index (χ1v) is 9.30. The van der Waals surface area contributed by atoms with Gasteiger partial charge in [-0.25, -0.2) is 12.8 Å². The van der Waals surface area contributed by atoms with Crippen LogP contribution in [0.15, 0.2) is 48.8 Å². The molecule has 0 spiro atoms. The van der Waals surface area contributed by atoms with Gasteiger partial charge in [0.05, 0.1) is 22.5 Å². The molecule has 1 heterocycles. The minimum atomic E-state index is -3.51. The van der Waals surface area contributed by atoms with Gasteiger partial charge in [-0.3, -0.25) is 14.7 Å². The standard InChI is InChI=1S/C17H16FN3O3S/c1-2-7-25(22,23)21-13-8-12(18)9-15(10-13)24-14-3-4-16-17(11-14)20-6-5-19-16/h3-6,8-11,21H,2,7H2,1H3. The molecule has 0 aliphatic carbocycles. The smallest absolute Gasteiger partial charge is 0.232 e. The Morgan fingerprint density at radius 1 is 1.04 bits per heavy atom. The number of hydrogen-bond donors (Lipinski definition) is 1. The van der Waals surface area contributed by atoms with Gasteiger partial charge in [0, 0.05) is 30.6 Å². The second-order valence-electron chi connectivity index (χ2n) is 5.41. The van der Waals surface area contributed by atoms with Crippen molar-refractivity contribution in [3.63, 3.8) is 0 Å². The summed E-state index contributed by atoms with van der Waals surface area (Å²) in [6.07, 6.45) is 3.62. The average Bonchev–Trinajstić information content (AvgIpc) is 2.53. The first-order chi connectivity index (χ1) is 11.9. The summed E-state index contributed by atoms with van der Waals surface area (Å²) >= 11 is 0. The molecule has 8 heteroatoms. The van der Waals surface area contributed by atoms with E-state index in [1.807, 2.05) is 0 Å². The lowest BCUT2D eigenvalue weighted by Crippen LogP contribution is -2.16. The summed E-state index contributed by atoms with van der Waals surface area (Å²) in [5.74, 6) is -0.0195. The number of ether oxygens (including phenoxy) is 1. The van der Waals surface area contributed by atoms with Crippen LogP contribution in [0, 0.1) is 5.82 Å². The maximum Gasteiger partial charge on any atom is 0.232 e. The van der Waals surface area contributed by atoms with Gasteiger partial charge in [0.25, 0.3) is 0 Å². The predicted octanol–water partition coefficient (Wildman–Crippen LogP) is 3.71. The summed E-state index contributed by atoms with van der Waals surface area (Å²) in [5.41, 5.74) is 1.46. The van der Waals surface area contributed by atoms with E-state index in [9.17, 15) is 12.8 Å². The number of fused-ring (bicyclic) bond motifs is 1. The van der Waals surface area contributed by atoms with Crippen LogP contribution in [0.4, 0.5) is 10.1 Å². The van der Waals surface area contributed by atoms with Crippen LogP contribution >= 0.6 is 0 Å². The summed E-state index contributed by atoms with van der Waals surface area (Å²) in [7, 11) is -3.51. The highest BCUT2D eigenvalue weighted by atomic mass is 32.2. The van der Waals surface area contributed by atoms with Crippen LogP contribution in [-0.4, -0.2) is 24.1 Å². The predicted molar refractivity (Wildman–Crippen MR) is 93.7 cm³/mol. The molecule has 0 aliphatic heterocycles. The van der Waals surface area contributed by atoms with Gasteiger partial charge in [0.15, 0.2) is 0 Å². The summed E-state index contributed by atoms with van der Waals surface area (Å²) < 4.78 is 45.5. The first kappa shape index (κ1) is 17.1. The number of sulfonamides is 1. The molecule has 0 fully saturated rings. The number of rotatable bonds is 6. The lowest BCUT2D eigenvalue weighted by Gasteiger charge is -2.11. The normalized spacial score (nSPS) is 11.4. The highest BCUT2D eigenvalue weighted by Gasteiger charge is 2.11. The molecule has 3 aromatic rings. The molecule has 25 heavy (non-hydrogen) atoms. The van der Waals surface area contributed by atoms with E-state index in [0.29, 0.717) is 23.2 Å². The molecular formula is C17H16FN3O3S. The van der Waals surface area contributed by atoms with E-state index < -0.39 is 15.8 Å². The third-order valence-corrected chi connectivity index (χ3v) is 4.79. The Morgan fingerprint density at radius 3 is 2.56 bits per heavy atom. The molecule has 0 saturated carbocycles. The Balaban J connectivity index is 1.86. The van der Waals surface area contributed by atoms with Crippen molar-refractivity contribution in [1.29, 1.82) is 0 Å². The van der Waals surface area contributed by atoms with E-state index in [1.54, 1.807) is 37.5 Å². The van der Waals surface area contributed by atoms with E-state index in [2.05, 4.69) is 14.7 Å². The van der Waals surface area contributed by atoms with Crippen molar-refractivity contribution in [2.45, 2.75) is 13.3 Å². The van der Waals surface area contributed by atoms with Crippen LogP contribution < -0.4 is 9.46 Å². The minimum Gasteiger partial charge on any atom is -0.457 e. The van der Waals surface area contributed by atoms with Crippen molar-refractivity contribution in [1.82, 2.24) is 9.97 Å².